The molecule has 0 aliphatic rings. The standard InChI is InChI=1S/C17H16BrClN4O3S/c18-12-10-11(19)3-4-13(12)26-8-9-27-17-22-21-16(14-2-1-7-25-14)23(17)6-5-15(20)24/h1-4,7,10H,5-6,8-9H2,(H2,20,24). The predicted molar refractivity (Wildman–Crippen MR) is 107 cm³/mol. The summed E-state index contributed by atoms with van der Waals surface area (Å²) in [6.45, 7) is 0.841. The summed E-state index contributed by atoms with van der Waals surface area (Å²) in [4.78, 5) is 11.2. The highest BCUT2D eigenvalue weighted by Crippen LogP contribution is 2.29. The van der Waals surface area contributed by atoms with Crippen LogP contribution in [0.2, 0.25) is 5.02 Å². The van der Waals surface area contributed by atoms with Crippen LogP contribution in [-0.4, -0.2) is 33.0 Å². The summed E-state index contributed by atoms with van der Waals surface area (Å²) < 4.78 is 13.8. The van der Waals surface area contributed by atoms with Crippen molar-refractivity contribution in [2.45, 2.75) is 18.1 Å². The minimum Gasteiger partial charge on any atom is -0.492 e. The molecule has 0 radical (unpaired) electrons. The maximum atomic E-state index is 11.2. The number of primary amides is 1. The number of rotatable bonds is 9. The Morgan fingerprint density at radius 3 is 2.93 bits per heavy atom. The predicted octanol–water partition coefficient (Wildman–Crippen LogP) is 4.00. The van der Waals surface area contributed by atoms with Gasteiger partial charge in [-0.15, -0.1) is 10.2 Å². The van der Waals surface area contributed by atoms with Crippen molar-refractivity contribution < 1.29 is 13.9 Å². The summed E-state index contributed by atoms with van der Waals surface area (Å²) in [7, 11) is 0. The number of halogens is 2. The van der Waals surface area contributed by atoms with E-state index >= 15 is 0 Å². The van der Waals surface area contributed by atoms with E-state index in [0.717, 1.165) is 4.47 Å². The zero-order chi connectivity index (χ0) is 19.2. The van der Waals surface area contributed by atoms with Crippen molar-refractivity contribution in [2.24, 2.45) is 5.73 Å². The third kappa shape index (κ3) is 5.27. The van der Waals surface area contributed by atoms with E-state index in [0.29, 0.717) is 46.4 Å². The molecule has 2 aromatic heterocycles. The molecule has 3 aromatic rings. The van der Waals surface area contributed by atoms with Crippen molar-refractivity contribution in [1.82, 2.24) is 14.8 Å². The molecule has 0 aliphatic carbocycles. The maximum Gasteiger partial charge on any atom is 0.219 e. The normalized spacial score (nSPS) is 10.9. The number of hydrogen-bond acceptors (Lipinski definition) is 6. The van der Waals surface area contributed by atoms with Gasteiger partial charge in [-0.1, -0.05) is 23.4 Å². The van der Waals surface area contributed by atoms with E-state index < -0.39 is 0 Å². The van der Waals surface area contributed by atoms with Gasteiger partial charge in [0.15, 0.2) is 16.7 Å². The van der Waals surface area contributed by atoms with Crippen molar-refractivity contribution in [1.29, 1.82) is 0 Å². The highest BCUT2D eigenvalue weighted by Gasteiger charge is 2.17. The first-order chi connectivity index (χ1) is 13.0. The summed E-state index contributed by atoms with van der Waals surface area (Å²) >= 11 is 10.8. The smallest absolute Gasteiger partial charge is 0.219 e. The molecular formula is C17H16BrClN4O3S. The van der Waals surface area contributed by atoms with Crippen LogP contribution in [0.1, 0.15) is 6.42 Å². The second-order valence-electron chi connectivity index (χ2n) is 5.42. The Kier molecular flexibility index (Phi) is 6.81. The number of nitrogens with two attached hydrogens (primary N) is 1. The lowest BCUT2D eigenvalue weighted by atomic mass is 10.3. The molecule has 1 aromatic carbocycles. The Balaban J connectivity index is 1.64. The number of carbonyl (C=O) groups excluding carboxylic acids is 1. The van der Waals surface area contributed by atoms with E-state index in [1.165, 1.54) is 11.8 Å². The third-order valence-electron chi connectivity index (χ3n) is 3.51. The van der Waals surface area contributed by atoms with E-state index in [4.69, 9.17) is 26.5 Å². The molecule has 2 heterocycles. The highest BCUT2D eigenvalue weighted by atomic mass is 79.9. The summed E-state index contributed by atoms with van der Waals surface area (Å²) in [6, 6.07) is 8.92. The van der Waals surface area contributed by atoms with Gasteiger partial charge in [0, 0.05) is 23.7 Å². The molecule has 0 unspecified atom stereocenters. The largest absolute Gasteiger partial charge is 0.492 e. The van der Waals surface area contributed by atoms with Crippen LogP contribution in [-0.2, 0) is 11.3 Å². The Hall–Kier alpha value is -1.97. The van der Waals surface area contributed by atoms with E-state index in [9.17, 15) is 4.79 Å². The third-order valence-corrected chi connectivity index (χ3v) is 5.29. The number of aromatic nitrogens is 3. The Bertz CT molecular complexity index is 917. The number of ether oxygens (including phenoxy) is 1. The molecule has 142 valence electrons. The second kappa shape index (κ2) is 9.29. The number of carbonyl (C=O) groups is 1. The molecule has 7 nitrogen and oxygen atoms in total. The van der Waals surface area contributed by atoms with Gasteiger partial charge in [0.2, 0.25) is 5.91 Å². The van der Waals surface area contributed by atoms with Gasteiger partial charge in [0.05, 0.1) is 17.3 Å². The zero-order valence-electron chi connectivity index (χ0n) is 14.1. The second-order valence-corrected chi connectivity index (χ2v) is 7.78. The molecule has 0 aliphatic heterocycles. The molecule has 10 heteroatoms. The Morgan fingerprint density at radius 2 is 2.22 bits per heavy atom. The first-order valence-electron chi connectivity index (χ1n) is 8.00. The summed E-state index contributed by atoms with van der Waals surface area (Å²) in [5.74, 6) is 2.11. The van der Waals surface area contributed by atoms with E-state index in [-0.39, 0.29) is 12.3 Å². The Labute approximate surface area is 173 Å². The fourth-order valence-corrected chi connectivity index (χ4v) is 3.86. The van der Waals surface area contributed by atoms with Gasteiger partial charge < -0.3 is 14.9 Å². The van der Waals surface area contributed by atoms with Gasteiger partial charge in [-0.2, -0.15) is 0 Å². The number of thioether (sulfide) groups is 1. The molecule has 2 N–H and O–H groups in total. The highest BCUT2D eigenvalue weighted by molar-refractivity contribution is 9.10. The summed E-state index contributed by atoms with van der Waals surface area (Å²) in [6.07, 6.45) is 1.75. The average Bonchev–Trinajstić information content (AvgIpc) is 3.27. The molecule has 0 bridgehead atoms. The van der Waals surface area contributed by atoms with Crippen LogP contribution in [0.5, 0.6) is 5.75 Å². The minimum absolute atomic E-state index is 0.188. The van der Waals surface area contributed by atoms with E-state index in [2.05, 4.69) is 26.1 Å². The number of furan rings is 1. The van der Waals surface area contributed by atoms with Gasteiger partial charge in [-0.3, -0.25) is 9.36 Å². The molecule has 0 atom stereocenters. The van der Waals surface area contributed by atoms with Crippen molar-refractivity contribution >= 4 is 45.2 Å². The van der Waals surface area contributed by atoms with Crippen molar-refractivity contribution in [2.75, 3.05) is 12.4 Å². The van der Waals surface area contributed by atoms with E-state index in [1.54, 1.807) is 30.5 Å². The monoisotopic (exact) mass is 470 g/mol. The van der Waals surface area contributed by atoms with Crippen LogP contribution in [0.3, 0.4) is 0 Å². The van der Waals surface area contributed by atoms with E-state index in [1.807, 2.05) is 10.6 Å². The van der Waals surface area contributed by atoms with Crippen LogP contribution in [0.4, 0.5) is 0 Å². The van der Waals surface area contributed by atoms with Crippen LogP contribution in [0.25, 0.3) is 11.6 Å². The van der Waals surface area contributed by atoms with Crippen LogP contribution in [0, 0.1) is 0 Å². The Morgan fingerprint density at radius 1 is 1.37 bits per heavy atom. The van der Waals surface area contributed by atoms with Gasteiger partial charge in [0.1, 0.15) is 5.75 Å². The molecule has 0 saturated carbocycles. The SMILES string of the molecule is NC(=O)CCn1c(SCCOc2ccc(Cl)cc2Br)nnc1-c1ccco1. The molecular weight excluding hydrogens is 456 g/mol. The van der Waals surface area contributed by atoms with Crippen molar-refractivity contribution in [3.8, 4) is 17.3 Å². The van der Waals surface area contributed by atoms with Gasteiger partial charge in [0.25, 0.3) is 0 Å². The quantitative estimate of drug-likeness (QED) is 0.374. The molecule has 27 heavy (non-hydrogen) atoms. The molecule has 0 fully saturated rings. The molecule has 0 saturated heterocycles. The first-order valence-corrected chi connectivity index (χ1v) is 10.2. The average molecular weight is 472 g/mol. The van der Waals surface area contributed by atoms with Gasteiger partial charge in [-0.05, 0) is 46.3 Å². The van der Waals surface area contributed by atoms with Gasteiger partial charge in [-0.25, -0.2) is 0 Å². The maximum absolute atomic E-state index is 11.2. The van der Waals surface area contributed by atoms with Crippen molar-refractivity contribution in [3.05, 3.63) is 46.1 Å². The fraction of sp³-hybridized carbons (Fsp3) is 0.235. The number of hydrogen-bond donors (Lipinski definition) is 1. The lowest BCUT2D eigenvalue weighted by molar-refractivity contribution is -0.118. The fourth-order valence-electron chi connectivity index (χ4n) is 2.28. The summed E-state index contributed by atoms with van der Waals surface area (Å²) in [5, 5.41) is 9.69. The zero-order valence-corrected chi connectivity index (χ0v) is 17.3. The van der Waals surface area contributed by atoms with Crippen molar-refractivity contribution in [3.63, 3.8) is 0 Å². The molecule has 3 rings (SSSR count). The molecule has 1 amide bonds. The lowest BCUT2D eigenvalue weighted by Gasteiger charge is -2.09. The number of amides is 1. The molecule has 0 spiro atoms. The lowest BCUT2D eigenvalue weighted by Crippen LogP contribution is -2.15. The van der Waals surface area contributed by atoms with Gasteiger partial charge >= 0.3 is 0 Å². The first kappa shape index (κ1) is 19.8. The van der Waals surface area contributed by atoms with Crippen LogP contribution < -0.4 is 10.5 Å². The van der Waals surface area contributed by atoms with Crippen LogP contribution >= 0.6 is 39.3 Å². The topological polar surface area (TPSA) is 96.2 Å². The van der Waals surface area contributed by atoms with Crippen LogP contribution in [0.15, 0.2) is 50.6 Å². The number of benzene rings is 1. The summed E-state index contributed by atoms with van der Waals surface area (Å²) in [5.41, 5.74) is 5.28. The minimum atomic E-state index is -0.388. The number of nitrogens with zero attached hydrogens (tertiary/aromatic N) is 3.